The molecule has 1 aliphatic rings. The number of halogens is 2. The number of amides is 1. The highest BCUT2D eigenvalue weighted by molar-refractivity contribution is 7.89. The molecule has 0 spiro atoms. The summed E-state index contributed by atoms with van der Waals surface area (Å²) < 4.78 is 32.2. The van der Waals surface area contributed by atoms with Crippen LogP contribution in [0.25, 0.3) is 0 Å². The van der Waals surface area contributed by atoms with Crippen LogP contribution in [0.5, 0.6) is 0 Å². The van der Waals surface area contributed by atoms with Gasteiger partial charge in [0.25, 0.3) is 0 Å². The third kappa shape index (κ3) is 3.46. The molecule has 0 saturated carbocycles. The molecule has 0 radical (unpaired) electrons. The molecule has 1 aliphatic heterocycles. The maximum Gasteiger partial charge on any atom is 0.249 e. The van der Waals surface area contributed by atoms with Crippen LogP contribution in [0.3, 0.4) is 0 Å². The summed E-state index contributed by atoms with van der Waals surface area (Å²) in [7, 11) is -3.89. The van der Waals surface area contributed by atoms with Crippen molar-refractivity contribution in [2.75, 3.05) is 11.9 Å². The Morgan fingerprint density at radius 2 is 2.04 bits per heavy atom. The highest BCUT2D eigenvalue weighted by atomic mass is 35.5. The molecule has 2 heterocycles. The van der Waals surface area contributed by atoms with Gasteiger partial charge in [0.1, 0.15) is 16.6 Å². The van der Waals surface area contributed by atoms with Gasteiger partial charge in [-0.15, -0.1) is 0 Å². The first-order chi connectivity index (χ1) is 12.2. The summed E-state index contributed by atoms with van der Waals surface area (Å²) in [5.74, 6) is -0.214. The van der Waals surface area contributed by atoms with Gasteiger partial charge in [0, 0.05) is 12.2 Å². The van der Waals surface area contributed by atoms with E-state index in [-0.39, 0.29) is 22.9 Å². The highest BCUT2D eigenvalue weighted by Crippen LogP contribution is 2.31. The second-order valence-electron chi connectivity index (χ2n) is 6.05. The molecular weight excluding hydrogens is 401 g/mol. The van der Waals surface area contributed by atoms with Crippen LogP contribution in [0.2, 0.25) is 10.0 Å². The molecule has 1 saturated heterocycles. The van der Waals surface area contributed by atoms with E-state index < -0.39 is 22.0 Å². The number of hydrogen-bond acceptors (Lipinski definition) is 5. The highest BCUT2D eigenvalue weighted by Gasteiger charge is 2.41. The number of carbonyl (C=O) groups excluding carboxylic acids is 1. The topological polar surface area (TPSA) is 92.5 Å². The van der Waals surface area contributed by atoms with Crippen LogP contribution in [0.1, 0.15) is 24.3 Å². The maximum absolute atomic E-state index is 13.0. The van der Waals surface area contributed by atoms with Crippen molar-refractivity contribution in [2.24, 2.45) is 0 Å². The number of anilines is 1. The van der Waals surface area contributed by atoms with Gasteiger partial charge in [0.05, 0.1) is 10.0 Å². The van der Waals surface area contributed by atoms with Crippen LogP contribution in [0, 0.1) is 13.8 Å². The van der Waals surface area contributed by atoms with Crippen molar-refractivity contribution in [3.05, 3.63) is 39.7 Å². The van der Waals surface area contributed by atoms with Gasteiger partial charge in [-0.1, -0.05) is 28.4 Å². The molecule has 3 rings (SSSR count). The zero-order chi connectivity index (χ0) is 19.1. The number of rotatable bonds is 4. The summed E-state index contributed by atoms with van der Waals surface area (Å²) in [5.41, 5.74) is 0.726. The second-order valence-corrected chi connectivity index (χ2v) is 8.69. The van der Waals surface area contributed by atoms with E-state index in [1.54, 1.807) is 19.1 Å². The van der Waals surface area contributed by atoms with E-state index in [0.717, 1.165) is 0 Å². The molecule has 1 fully saturated rings. The van der Waals surface area contributed by atoms with Crippen molar-refractivity contribution in [1.82, 2.24) is 9.46 Å². The van der Waals surface area contributed by atoms with Gasteiger partial charge >= 0.3 is 0 Å². The van der Waals surface area contributed by atoms with Gasteiger partial charge < -0.3 is 9.84 Å². The Morgan fingerprint density at radius 1 is 1.31 bits per heavy atom. The van der Waals surface area contributed by atoms with Gasteiger partial charge in [0.15, 0.2) is 5.76 Å². The average molecular weight is 418 g/mol. The Bertz CT molecular complexity index is 939. The van der Waals surface area contributed by atoms with Crippen LogP contribution in [-0.4, -0.2) is 36.4 Å². The van der Waals surface area contributed by atoms with E-state index in [4.69, 9.17) is 27.7 Å². The number of aryl methyl sites for hydroxylation is 2. The Balaban J connectivity index is 1.85. The molecule has 1 amide bonds. The van der Waals surface area contributed by atoms with Crippen LogP contribution in [0.4, 0.5) is 5.69 Å². The zero-order valence-electron chi connectivity index (χ0n) is 14.1. The van der Waals surface area contributed by atoms with Gasteiger partial charge in [-0.2, -0.15) is 4.31 Å². The fraction of sp³-hybridized carbons (Fsp3) is 0.375. The van der Waals surface area contributed by atoms with E-state index in [9.17, 15) is 13.2 Å². The monoisotopic (exact) mass is 417 g/mol. The Morgan fingerprint density at radius 3 is 2.65 bits per heavy atom. The van der Waals surface area contributed by atoms with Crippen LogP contribution >= 0.6 is 23.2 Å². The average Bonchev–Trinajstić information content (AvgIpc) is 3.18. The zero-order valence-corrected chi connectivity index (χ0v) is 16.5. The van der Waals surface area contributed by atoms with E-state index in [2.05, 4.69) is 10.5 Å². The summed E-state index contributed by atoms with van der Waals surface area (Å²) >= 11 is 11.8. The molecule has 0 bridgehead atoms. The van der Waals surface area contributed by atoms with Crippen molar-refractivity contribution >= 4 is 44.8 Å². The molecule has 26 heavy (non-hydrogen) atoms. The molecule has 10 heteroatoms. The van der Waals surface area contributed by atoms with E-state index in [1.807, 2.05) is 0 Å². The first-order valence-electron chi connectivity index (χ1n) is 7.92. The van der Waals surface area contributed by atoms with Gasteiger partial charge in [-0.3, -0.25) is 4.79 Å². The molecule has 7 nitrogen and oxygen atoms in total. The quantitative estimate of drug-likeness (QED) is 0.822. The minimum atomic E-state index is -3.89. The Kier molecular flexibility index (Phi) is 5.30. The minimum absolute atomic E-state index is 0.0201. The Hall–Kier alpha value is -1.61. The maximum atomic E-state index is 13.0. The summed E-state index contributed by atoms with van der Waals surface area (Å²) in [6.07, 6.45) is 1.01. The van der Waals surface area contributed by atoms with Crippen molar-refractivity contribution in [3.63, 3.8) is 0 Å². The third-order valence-corrected chi connectivity index (χ3v) is 7.12. The summed E-state index contributed by atoms with van der Waals surface area (Å²) in [5, 5.41) is 7.07. The predicted octanol–water partition coefficient (Wildman–Crippen LogP) is 3.39. The number of hydrogen-bond donors (Lipinski definition) is 1. The number of nitrogens with zero attached hydrogens (tertiary/aromatic N) is 2. The molecule has 1 unspecified atom stereocenters. The van der Waals surface area contributed by atoms with Crippen molar-refractivity contribution in [1.29, 1.82) is 0 Å². The number of nitrogens with one attached hydrogen (secondary N) is 1. The molecule has 140 valence electrons. The predicted molar refractivity (Wildman–Crippen MR) is 98.0 cm³/mol. The standard InChI is InChI=1S/C16H17Cl2N3O4S/c1-9-15(10(2)25-20-9)26(23,24)21-7-3-4-14(21)16(22)19-11-5-6-12(17)13(18)8-11/h5-6,8,14H,3-4,7H2,1-2H3,(H,19,22). The summed E-state index contributed by atoms with van der Waals surface area (Å²) in [6, 6.07) is 3.87. The van der Waals surface area contributed by atoms with Crippen molar-refractivity contribution in [3.8, 4) is 0 Å². The van der Waals surface area contributed by atoms with Crippen molar-refractivity contribution in [2.45, 2.75) is 37.6 Å². The van der Waals surface area contributed by atoms with Crippen molar-refractivity contribution < 1.29 is 17.7 Å². The number of carbonyl (C=O) groups is 1. The largest absolute Gasteiger partial charge is 0.360 e. The van der Waals surface area contributed by atoms with Gasteiger partial charge in [-0.05, 0) is 44.9 Å². The first-order valence-corrected chi connectivity index (χ1v) is 10.1. The normalized spacial score (nSPS) is 18.2. The smallest absolute Gasteiger partial charge is 0.249 e. The molecule has 1 N–H and O–H groups in total. The lowest BCUT2D eigenvalue weighted by Gasteiger charge is -2.23. The summed E-state index contributed by atoms with van der Waals surface area (Å²) in [4.78, 5) is 12.7. The number of aromatic nitrogens is 1. The van der Waals surface area contributed by atoms with Gasteiger partial charge in [0.2, 0.25) is 15.9 Å². The Labute approximate surface area is 161 Å². The van der Waals surface area contributed by atoms with Crippen LogP contribution < -0.4 is 5.32 Å². The lowest BCUT2D eigenvalue weighted by atomic mass is 10.2. The SMILES string of the molecule is Cc1noc(C)c1S(=O)(=O)N1CCCC1C(=O)Nc1ccc(Cl)c(Cl)c1. The van der Waals surface area contributed by atoms with Crippen LogP contribution in [0.15, 0.2) is 27.6 Å². The van der Waals surface area contributed by atoms with E-state index in [0.29, 0.717) is 28.6 Å². The summed E-state index contributed by atoms with van der Waals surface area (Å²) in [6.45, 7) is 3.35. The first kappa shape index (κ1) is 19.2. The fourth-order valence-electron chi connectivity index (χ4n) is 3.05. The number of benzene rings is 1. The lowest BCUT2D eigenvalue weighted by Crippen LogP contribution is -2.43. The molecule has 1 aromatic carbocycles. The van der Waals surface area contributed by atoms with Gasteiger partial charge in [-0.25, -0.2) is 8.42 Å². The molecule has 2 aromatic rings. The molecule has 1 atom stereocenters. The van der Waals surface area contributed by atoms with E-state index in [1.165, 1.54) is 17.3 Å². The molecular formula is C16H17Cl2N3O4S. The van der Waals surface area contributed by atoms with E-state index >= 15 is 0 Å². The molecule has 0 aliphatic carbocycles. The molecule has 1 aromatic heterocycles. The van der Waals surface area contributed by atoms with Crippen LogP contribution in [-0.2, 0) is 14.8 Å². The third-order valence-electron chi connectivity index (χ3n) is 4.23. The fourth-order valence-corrected chi connectivity index (χ4v) is 5.30. The minimum Gasteiger partial charge on any atom is -0.360 e. The lowest BCUT2D eigenvalue weighted by molar-refractivity contribution is -0.119. The number of sulfonamides is 1. The second kappa shape index (κ2) is 7.19.